The lowest BCUT2D eigenvalue weighted by Crippen LogP contribution is -2.35. The summed E-state index contributed by atoms with van der Waals surface area (Å²) in [5.74, 6) is 0.988. The van der Waals surface area contributed by atoms with Gasteiger partial charge in [0.05, 0.1) is 13.2 Å². The Morgan fingerprint density at radius 2 is 1.63 bits per heavy atom. The van der Waals surface area contributed by atoms with Gasteiger partial charge in [-0.05, 0) is 38.8 Å². The molecule has 0 bridgehead atoms. The van der Waals surface area contributed by atoms with Gasteiger partial charge in [-0.1, -0.05) is 36.4 Å². The van der Waals surface area contributed by atoms with Gasteiger partial charge in [-0.25, -0.2) is 9.98 Å². The summed E-state index contributed by atoms with van der Waals surface area (Å²) in [4.78, 5) is 9.23. The number of ether oxygens (including phenoxy) is 2. The molecule has 6 heteroatoms. The summed E-state index contributed by atoms with van der Waals surface area (Å²) in [6.45, 7) is 7.59. The Morgan fingerprint density at radius 3 is 2.22 bits per heavy atom. The van der Waals surface area contributed by atoms with E-state index in [1.54, 1.807) is 0 Å². The predicted molar refractivity (Wildman–Crippen MR) is 105 cm³/mol. The van der Waals surface area contributed by atoms with E-state index < -0.39 is 5.41 Å². The van der Waals surface area contributed by atoms with Crippen LogP contribution in [0.15, 0.2) is 52.0 Å². The maximum Gasteiger partial charge on any atom is 0.199 e. The minimum Gasteiger partial charge on any atom is -0.470 e. The number of rotatable bonds is 6. The van der Waals surface area contributed by atoms with Crippen LogP contribution in [-0.4, -0.2) is 53.4 Å². The van der Waals surface area contributed by atoms with Crippen molar-refractivity contribution < 1.29 is 19.7 Å². The van der Waals surface area contributed by atoms with Crippen LogP contribution >= 0.6 is 0 Å². The average Bonchev–Trinajstić information content (AvgIpc) is 3.33. The molecule has 0 spiro atoms. The zero-order chi connectivity index (χ0) is 19.6. The van der Waals surface area contributed by atoms with Crippen molar-refractivity contribution in [3.63, 3.8) is 0 Å². The molecule has 4 unspecified atom stereocenters. The van der Waals surface area contributed by atoms with Gasteiger partial charge in [-0.3, -0.25) is 0 Å². The number of aliphatic hydroxyl groups is 2. The highest BCUT2D eigenvalue weighted by atomic mass is 16.5. The summed E-state index contributed by atoms with van der Waals surface area (Å²) in [6.07, 6.45) is 1.35. The fraction of sp³-hybridized carbons (Fsp3) is 0.524. The minimum atomic E-state index is -0.701. The van der Waals surface area contributed by atoms with Crippen LogP contribution in [0.3, 0.4) is 0 Å². The molecular weight excluding hydrogens is 344 g/mol. The SMILES string of the molecule is C/C=C(\C)C1OC(C(C)(C)C2=NC(CO)C(c3ccccc3)O2)=NC1CO. The monoisotopic (exact) mass is 372 g/mol. The highest BCUT2D eigenvalue weighted by molar-refractivity contribution is 6.05. The molecule has 0 saturated heterocycles. The third-order valence-electron chi connectivity index (χ3n) is 5.22. The molecule has 1 aromatic rings. The number of hydrogen-bond acceptors (Lipinski definition) is 6. The Morgan fingerprint density at radius 1 is 1.04 bits per heavy atom. The van der Waals surface area contributed by atoms with Crippen LogP contribution in [0.1, 0.15) is 39.4 Å². The summed E-state index contributed by atoms with van der Waals surface area (Å²) in [5, 5.41) is 19.5. The quantitative estimate of drug-likeness (QED) is 0.752. The van der Waals surface area contributed by atoms with E-state index in [0.717, 1.165) is 11.1 Å². The molecule has 4 atom stereocenters. The van der Waals surface area contributed by atoms with Gasteiger partial charge in [-0.15, -0.1) is 0 Å². The van der Waals surface area contributed by atoms with Crippen molar-refractivity contribution in [2.45, 2.75) is 52.0 Å². The third-order valence-corrected chi connectivity index (χ3v) is 5.22. The third kappa shape index (κ3) is 3.64. The molecule has 0 fully saturated rings. The van der Waals surface area contributed by atoms with Crippen LogP contribution < -0.4 is 0 Å². The second kappa shape index (κ2) is 7.82. The number of aliphatic hydroxyl groups excluding tert-OH is 2. The Kier molecular flexibility index (Phi) is 5.67. The Bertz CT molecular complexity index is 755. The van der Waals surface area contributed by atoms with E-state index in [4.69, 9.17) is 9.47 Å². The molecule has 0 radical (unpaired) electrons. The number of nitrogens with zero attached hydrogens (tertiary/aromatic N) is 2. The molecule has 6 nitrogen and oxygen atoms in total. The summed E-state index contributed by atoms with van der Waals surface area (Å²) in [6, 6.07) is 9.05. The van der Waals surface area contributed by atoms with E-state index in [0.29, 0.717) is 11.8 Å². The lowest BCUT2D eigenvalue weighted by Gasteiger charge is -2.26. The summed E-state index contributed by atoms with van der Waals surface area (Å²) in [7, 11) is 0. The number of aliphatic imine (C=N–C) groups is 2. The first-order chi connectivity index (χ1) is 12.9. The molecule has 27 heavy (non-hydrogen) atoms. The lowest BCUT2D eigenvalue weighted by molar-refractivity contribution is 0.139. The van der Waals surface area contributed by atoms with Crippen molar-refractivity contribution in [3.8, 4) is 0 Å². The molecule has 0 amide bonds. The molecule has 2 N–H and O–H groups in total. The predicted octanol–water partition coefficient (Wildman–Crippen LogP) is 2.67. The van der Waals surface area contributed by atoms with Crippen molar-refractivity contribution >= 4 is 11.8 Å². The van der Waals surface area contributed by atoms with Crippen molar-refractivity contribution in [2.24, 2.45) is 15.4 Å². The Balaban J connectivity index is 1.85. The van der Waals surface area contributed by atoms with Gasteiger partial charge in [0.2, 0.25) is 0 Å². The van der Waals surface area contributed by atoms with Gasteiger partial charge in [0.25, 0.3) is 0 Å². The van der Waals surface area contributed by atoms with Crippen LogP contribution in [0.4, 0.5) is 0 Å². The van der Waals surface area contributed by atoms with E-state index in [1.165, 1.54) is 0 Å². The molecule has 0 aliphatic carbocycles. The Labute approximate surface area is 160 Å². The van der Waals surface area contributed by atoms with E-state index in [2.05, 4.69) is 9.98 Å². The molecule has 0 aromatic heterocycles. The average molecular weight is 372 g/mol. The molecule has 2 heterocycles. The topological polar surface area (TPSA) is 83.6 Å². The molecule has 146 valence electrons. The van der Waals surface area contributed by atoms with Crippen molar-refractivity contribution in [3.05, 3.63) is 47.5 Å². The largest absolute Gasteiger partial charge is 0.470 e. The van der Waals surface area contributed by atoms with Gasteiger partial charge in [0.1, 0.15) is 29.7 Å². The van der Waals surface area contributed by atoms with Crippen LogP contribution in [0.25, 0.3) is 0 Å². The standard InChI is InChI=1S/C21H28N2O4/c1-5-13(2)17-15(11-24)22-19(26-17)21(3,4)20-23-16(12-25)18(27-20)14-9-7-6-8-10-14/h5-10,15-18,24-25H,11-12H2,1-4H3/b13-5+. The molecule has 3 rings (SSSR count). The summed E-state index contributed by atoms with van der Waals surface area (Å²) >= 11 is 0. The first-order valence-corrected chi connectivity index (χ1v) is 9.31. The zero-order valence-corrected chi connectivity index (χ0v) is 16.3. The smallest absolute Gasteiger partial charge is 0.199 e. The maximum absolute atomic E-state index is 9.78. The van der Waals surface area contributed by atoms with Crippen molar-refractivity contribution in [2.75, 3.05) is 13.2 Å². The molecule has 1 aromatic carbocycles. The van der Waals surface area contributed by atoms with Crippen molar-refractivity contribution in [1.82, 2.24) is 0 Å². The number of allylic oxidation sites excluding steroid dienone is 1. The normalized spacial score (nSPS) is 28.4. The van der Waals surface area contributed by atoms with Gasteiger partial charge in [0.15, 0.2) is 11.8 Å². The number of hydrogen-bond donors (Lipinski definition) is 2. The van der Waals surface area contributed by atoms with E-state index in [-0.39, 0.29) is 37.5 Å². The molecule has 2 aliphatic heterocycles. The Hall–Kier alpha value is -2.18. The van der Waals surface area contributed by atoms with Crippen LogP contribution in [-0.2, 0) is 9.47 Å². The second-order valence-corrected chi connectivity index (χ2v) is 7.51. The van der Waals surface area contributed by atoms with Crippen LogP contribution in [0, 0.1) is 5.41 Å². The second-order valence-electron chi connectivity index (χ2n) is 7.51. The maximum atomic E-state index is 9.78. The summed E-state index contributed by atoms with van der Waals surface area (Å²) in [5.41, 5.74) is 1.29. The summed E-state index contributed by atoms with van der Waals surface area (Å²) < 4.78 is 12.3. The van der Waals surface area contributed by atoms with Crippen molar-refractivity contribution in [1.29, 1.82) is 0 Å². The van der Waals surface area contributed by atoms with Gasteiger partial charge in [0, 0.05) is 0 Å². The molecule has 0 saturated carbocycles. The van der Waals surface area contributed by atoms with E-state index in [1.807, 2.05) is 64.1 Å². The molecule has 2 aliphatic rings. The van der Waals surface area contributed by atoms with E-state index >= 15 is 0 Å². The lowest BCUT2D eigenvalue weighted by atomic mass is 9.93. The zero-order valence-electron chi connectivity index (χ0n) is 16.3. The van der Waals surface area contributed by atoms with Gasteiger partial charge >= 0.3 is 0 Å². The van der Waals surface area contributed by atoms with Gasteiger partial charge in [-0.2, -0.15) is 0 Å². The molecular formula is C21H28N2O4. The van der Waals surface area contributed by atoms with E-state index in [9.17, 15) is 10.2 Å². The fourth-order valence-corrected chi connectivity index (χ4v) is 3.37. The van der Waals surface area contributed by atoms with Crippen LogP contribution in [0.5, 0.6) is 0 Å². The first-order valence-electron chi connectivity index (χ1n) is 9.31. The van der Waals surface area contributed by atoms with Gasteiger partial charge < -0.3 is 19.7 Å². The fourth-order valence-electron chi connectivity index (χ4n) is 3.37. The highest BCUT2D eigenvalue weighted by Crippen LogP contribution is 2.38. The first kappa shape index (κ1) is 19.6. The highest BCUT2D eigenvalue weighted by Gasteiger charge is 2.46. The van der Waals surface area contributed by atoms with Crippen LogP contribution in [0.2, 0.25) is 0 Å². The number of benzene rings is 1. The minimum absolute atomic E-state index is 0.0886.